The van der Waals surface area contributed by atoms with E-state index in [0.717, 1.165) is 30.7 Å². The summed E-state index contributed by atoms with van der Waals surface area (Å²) in [5.74, 6) is 2.68. The van der Waals surface area contributed by atoms with Crippen LogP contribution in [-0.2, 0) is 13.6 Å². The highest BCUT2D eigenvalue weighted by Gasteiger charge is 2.31. The summed E-state index contributed by atoms with van der Waals surface area (Å²) in [6.45, 7) is 8.77. The molecule has 0 aliphatic heterocycles. The number of rotatable bonds is 6. The predicted molar refractivity (Wildman–Crippen MR) is 89.8 cm³/mol. The predicted octanol–water partition coefficient (Wildman–Crippen LogP) is 2.15. The van der Waals surface area contributed by atoms with Gasteiger partial charge in [-0.1, -0.05) is 19.8 Å². The Kier molecular flexibility index (Phi) is 5.80. The van der Waals surface area contributed by atoms with E-state index < -0.39 is 0 Å². The summed E-state index contributed by atoms with van der Waals surface area (Å²) in [4.78, 5) is 4.66. The maximum atomic E-state index is 4.66. The molecule has 0 amide bonds. The lowest BCUT2D eigenvalue weighted by Crippen LogP contribution is -2.42. The molecule has 0 bridgehead atoms. The first-order chi connectivity index (χ1) is 10.6. The van der Waals surface area contributed by atoms with Crippen LogP contribution in [0.2, 0.25) is 0 Å². The maximum absolute atomic E-state index is 4.66. The molecule has 0 atom stereocenters. The van der Waals surface area contributed by atoms with Gasteiger partial charge >= 0.3 is 0 Å². The Balaban J connectivity index is 1.96. The monoisotopic (exact) mass is 306 g/mol. The summed E-state index contributed by atoms with van der Waals surface area (Å²) >= 11 is 0. The molecule has 1 aromatic rings. The molecule has 0 radical (unpaired) electrons. The Hall–Kier alpha value is -1.59. The SMILES string of the molecule is CCNC(=NCc1nnc(C)n1C)NCC1(CC)CCCC1. The molecule has 1 aromatic heterocycles. The van der Waals surface area contributed by atoms with E-state index in [1.54, 1.807) is 0 Å². The van der Waals surface area contributed by atoms with E-state index in [1.165, 1.54) is 32.1 Å². The van der Waals surface area contributed by atoms with E-state index >= 15 is 0 Å². The lowest BCUT2D eigenvalue weighted by Gasteiger charge is -2.28. The van der Waals surface area contributed by atoms with E-state index in [1.807, 2.05) is 18.5 Å². The summed E-state index contributed by atoms with van der Waals surface area (Å²) < 4.78 is 1.98. The number of guanidine groups is 1. The largest absolute Gasteiger partial charge is 0.357 e. The molecule has 6 heteroatoms. The molecule has 2 rings (SSSR count). The quantitative estimate of drug-likeness (QED) is 0.624. The van der Waals surface area contributed by atoms with Crippen molar-refractivity contribution >= 4 is 5.96 Å². The molecular weight excluding hydrogens is 276 g/mol. The van der Waals surface area contributed by atoms with E-state index in [0.29, 0.717) is 12.0 Å². The minimum Gasteiger partial charge on any atom is -0.357 e. The molecule has 124 valence electrons. The molecule has 0 saturated heterocycles. The van der Waals surface area contributed by atoms with Gasteiger partial charge in [0.2, 0.25) is 0 Å². The number of aryl methyl sites for hydroxylation is 1. The minimum atomic E-state index is 0.456. The minimum absolute atomic E-state index is 0.456. The second kappa shape index (κ2) is 7.61. The average Bonchev–Trinajstić information content (AvgIpc) is 3.12. The van der Waals surface area contributed by atoms with Gasteiger partial charge < -0.3 is 15.2 Å². The van der Waals surface area contributed by atoms with Crippen LogP contribution in [0.3, 0.4) is 0 Å². The molecule has 1 aliphatic rings. The molecule has 1 heterocycles. The highest BCUT2D eigenvalue weighted by Crippen LogP contribution is 2.40. The Morgan fingerprint density at radius 1 is 1.23 bits per heavy atom. The Labute approximate surface area is 133 Å². The topological polar surface area (TPSA) is 67.1 Å². The number of aliphatic imine (C=N–C) groups is 1. The van der Waals surface area contributed by atoms with Gasteiger partial charge in [0.25, 0.3) is 0 Å². The van der Waals surface area contributed by atoms with Gasteiger partial charge in [0, 0.05) is 20.1 Å². The molecule has 1 saturated carbocycles. The van der Waals surface area contributed by atoms with Crippen LogP contribution in [0.4, 0.5) is 0 Å². The van der Waals surface area contributed by atoms with Crippen molar-refractivity contribution in [2.45, 2.75) is 59.4 Å². The zero-order valence-electron chi connectivity index (χ0n) is 14.4. The third-order valence-electron chi connectivity index (χ3n) is 4.95. The first-order valence-electron chi connectivity index (χ1n) is 8.47. The standard InChI is InChI=1S/C16H30N6/c1-5-16(9-7-8-10-16)12-19-15(17-6-2)18-11-14-21-20-13(3)22(14)4/h5-12H2,1-4H3,(H2,17,18,19). The van der Waals surface area contributed by atoms with Crippen LogP contribution in [-0.4, -0.2) is 33.8 Å². The van der Waals surface area contributed by atoms with Gasteiger partial charge in [0.15, 0.2) is 11.8 Å². The summed E-state index contributed by atoms with van der Waals surface area (Å²) in [5.41, 5.74) is 0.456. The van der Waals surface area contributed by atoms with Crippen molar-refractivity contribution in [3.05, 3.63) is 11.6 Å². The van der Waals surface area contributed by atoms with Crippen molar-refractivity contribution in [2.24, 2.45) is 17.5 Å². The molecular formula is C16H30N6. The van der Waals surface area contributed by atoms with Crippen LogP contribution >= 0.6 is 0 Å². The zero-order valence-corrected chi connectivity index (χ0v) is 14.4. The van der Waals surface area contributed by atoms with Crippen LogP contribution in [0.1, 0.15) is 57.6 Å². The number of nitrogens with one attached hydrogen (secondary N) is 2. The average molecular weight is 306 g/mol. The first-order valence-corrected chi connectivity index (χ1v) is 8.47. The molecule has 0 unspecified atom stereocenters. The van der Waals surface area contributed by atoms with Gasteiger partial charge in [-0.05, 0) is 38.5 Å². The zero-order chi connectivity index (χ0) is 16.0. The molecule has 6 nitrogen and oxygen atoms in total. The van der Waals surface area contributed by atoms with Crippen molar-refractivity contribution in [2.75, 3.05) is 13.1 Å². The highest BCUT2D eigenvalue weighted by atomic mass is 15.3. The van der Waals surface area contributed by atoms with Gasteiger partial charge in [-0.25, -0.2) is 4.99 Å². The number of aromatic nitrogens is 3. The first kappa shape index (κ1) is 16.8. The number of hydrogen-bond donors (Lipinski definition) is 2. The Morgan fingerprint density at radius 2 is 1.95 bits per heavy atom. The van der Waals surface area contributed by atoms with Crippen LogP contribution in [0, 0.1) is 12.3 Å². The second-order valence-electron chi connectivity index (χ2n) is 6.33. The van der Waals surface area contributed by atoms with E-state index in [2.05, 4.69) is 39.7 Å². The molecule has 22 heavy (non-hydrogen) atoms. The molecule has 1 aliphatic carbocycles. The molecule has 1 fully saturated rings. The third-order valence-corrected chi connectivity index (χ3v) is 4.95. The van der Waals surface area contributed by atoms with Gasteiger partial charge in [-0.15, -0.1) is 10.2 Å². The Bertz CT molecular complexity index is 499. The number of nitrogens with zero attached hydrogens (tertiary/aromatic N) is 4. The fraction of sp³-hybridized carbons (Fsp3) is 0.812. The normalized spacial score (nSPS) is 17.7. The van der Waals surface area contributed by atoms with Gasteiger partial charge in [-0.3, -0.25) is 0 Å². The lowest BCUT2D eigenvalue weighted by molar-refractivity contribution is 0.283. The fourth-order valence-corrected chi connectivity index (χ4v) is 3.13. The van der Waals surface area contributed by atoms with Crippen LogP contribution < -0.4 is 10.6 Å². The van der Waals surface area contributed by atoms with Crippen LogP contribution in [0.5, 0.6) is 0 Å². The van der Waals surface area contributed by atoms with Crippen molar-refractivity contribution in [3.63, 3.8) is 0 Å². The Morgan fingerprint density at radius 3 is 2.50 bits per heavy atom. The number of hydrogen-bond acceptors (Lipinski definition) is 3. The van der Waals surface area contributed by atoms with Crippen molar-refractivity contribution < 1.29 is 0 Å². The van der Waals surface area contributed by atoms with Crippen molar-refractivity contribution in [1.29, 1.82) is 0 Å². The summed E-state index contributed by atoms with van der Waals surface area (Å²) in [6.07, 6.45) is 6.63. The van der Waals surface area contributed by atoms with E-state index in [9.17, 15) is 0 Å². The summed E-state index contributed by atoms with van der Waals surface area (Å²) in [7, 11) is 1.98. The molecule has 2 N–H and O–H groups in total. The summed E-state index contributed by atoms with van der Waals surface area (Å²) in [6, 6.07) is 0. The lowest BCUT2D eigenvalue weighted by atomic mass is 9.83. The van der Waals surface area contributed by atoms with Crippen molar-refractivity contribution in [1.82, 2.24) is 25.4 Å². The van der Waals surface area contributed by atoms with Crippen LogP contribution in [0.15, 0.2) is 4.99 Å². The highest BCUT2D eigenvalue weighted by molar-refractivity contribution is 5.79. The second-order valence-corrected chi connectivity index (χ2v) is 6.33. The van der Waals surface area contributed by atoms with Gasteiger partial charge in [0.1, 0.15) is 12.4 Å². The molecule has 0 spiro atoms. The van der Waals surface area contributed by atoms with Gasteiger partial charge in [0.05, 0.1) is 0 Å². The van der Waals surface area contributed by atoms with Gasteiger partial charge in [-0.2, -0.15) is 0 Å². The fourth-order valence-electron chi connectivity index (χ4n) is 3.13. The summed E-state index contributed by atoms with van der Waals surface area (Å²) in [5, 5.41) is 15.1. The van der Waals surface area contributed by atoms with E-state index in [-0.39, 0.29) is 0 Å². The van der Waals surface area contributed by atoms with E-state index in [4.69, 9.17) is 0 Å². The van der Waals surface area contributed by atoms with Crippen LogP contribution in [0.25, 0.3) is 0 Å². The third kappa shape index (κ3) is 3.99. The molecule has 0 aromatic carbocycles. The van der Waals surface area contributed by atoms with Crippen molar-refractivity contribution in [3.8, 4) is 0 Å². The maximum Gasteiger partial charge on any atom is 0.191 e. The smallest absolute Gasteiger partial charge is 0.191 e.